The Morgan fingerprint density at radius 2 is 2.11 bits per heavy atom. The zero-order valence-electron chi connectivity index (χ0n) is 18.9. The van der Waals surface area contributed by atoms with Crippen LogP contribution in [0.25, 0.3) is 5.57 Å². The van der Waals surface area contributed by atoms with Crippen LogP contribution in [0.5, 0.6) is 0 Å². The number of aromatic amines is 3. The van der Waals surface area contributed by atoms with Crippen LogP contribution in [0.2, 0.25) is 0 Å². The van der Waals surface area contributed by atoms with Gasteiger partial charge in [-0.15, -0.1) is 0 Å². The lowest BCUT2D eigenvalue weighted by molar-refractivity contribution is -0.124. The summed E-state index contributed by atoms with van der Waals surface area (Å²) in [6.07, 6.45) is 5.53. The highest BCUT2D eigenvalue weighted by molar-refractivity contribution is 9.10. The quantitative estimate of drug-likeness (QED) is 0.215. The summed E-state index contributed by atoms with van der Waals surface area (Å²) in [5.74, 6) is -0.785. The van der Waals surface area contributed by atoms with Gasteiger partial charge in [-0.05, 0) is 40.1 Å². The molecule has 0 saturated heterocycles. The number of rotatable bonds is 6. The second-order valence-electron chi connectivity index (χ2n) is 8.34. The van der Waals surface area contributed by atoms with Crippen molar-refractivity contribution in [3.8, 4) is 0 Å². The smallest absolute Gasteiger partial charge is 0.279 e. The van der Waals surface area contributed by atoms with Crippen molar-refractivity contribution in [1.82, 2.24) is 35.5 Å². The molecule has 0 spiro atoms. The van der Waals surface area contributed by atoms with Crippen LogP contribution < -0.4 is 22.1 Å². The number of nitrogens with one attached hydrogen (secondary N) is 5. The third-order valence-electron chi connectivity index (χ3n) is 6.00. The number of nitrogens with two attached hydrogens (primary N) is 2. The number of halogens is 1. The average Bonchev–Trinajstić information content (AvgIpc) is 3.62. The van der Waals surface area contributed by atoms with Gasteiger partial charge in [-0.1, -0.05) is 0 Å². The van der Waals surface area contributed by atoms with E-state index in [1.807, 2.05) is 0 Å². The monoisotopic (exact) mass is 554 g/mol. The lowest BCUT2D eigenvalue weighted by Gasteiger charge is -2.27. The summed E-state index contributed by atoms with van der Waals surface area (Å²) in [5, 5.41) is 5.64. The molecule has 0 fully saturated rings. The second kappa shape index (κ2) is 9.37. The van der Waals surface area contributed by atoms with Crippen LogP contribution in [0, 0.1) is 0 Å². The first-order valence-electron chi connectivity index (χ1n) is 11.1. The Morgan fingerprint density at radius 3 is 2.83 bits per heavy atom. The normalized spacial score (nSPS) is 18.5. The molecular formula is C22H23BrN10O3. The van der Waals surface area contributed by atoms with Crippen LogP contribution in [0.3, 0.4) is 0 Å². The number of anilines is 1. The predicted octanol–water partition coefficient (Wildman–Crippen LogP) is 0.453. The number of carbonyl (C=O) groups excluding carboxylic acids is 3. The molecule has 0 saturated carbocycles. The zero-order chi connectivity index (χ0) is 25.4. The number of imidazole rings is 1. The average molecular weight is 555 g/mol. The van der Waals surface area contributed by atoms with E-state index in [1.165, 1.54) is 4.90 Å². The van der Waals surface area contributed by atoms with E-state index in [1.54, 1.807) is 30.7 Å². The van der Waals surface area contributed by atoms with Crippen LogP contribution >= 0.6 is 15.9 Å². The van der Waals surface area contributed by atoms with E-state index in [0.717, 1.165) is 4.47 Å². The molecule has 0 radical (unpaired) electrons. The molecule has 2 aliphatic rings. The van der Waals surface area contributed by atoms with Gasteiger partial charge in [0.05, 0.1) is 12.2 Å². The number of nitrogens with zero attached hydrogens (tertiary/aromatic N) is 3. The third-order valence-corrected chi connectivity index (χ3v) is 6.46. The number of fused-ring (bicyclic) bond motifs is 1. The van der Waals surface area contributed by atoms with Crippen LogP contribution in [0.4, 0.5) is 5.95 Å². The predicted molar refractivity (Wildman–Crippen MR) is 134 cm³/mol. The van der Waals surface area contributed by atoms with Crippen molar-refractivity contribution < 1.29 is 14.4 Å². The van der Waals surface area contributed by atoms with Gasteiger partial charge in [0, 0.05) is 47.6 Å². The Bertz CT molecular complexity index is 1410. The minimum absolute atomic E-state index is 0.00234. The maximum absolute atomic E-state index is 13.7. The highest BCUT2D eigenvalue weighted by Crippen LogP contribution is 2.32. The van der Waals surface area contributed by atoms with E-state index in [0.29, 0.717) is 41.2 Å². The van der Waals surface area contributed by atoms with Crippen LogP contribution in [0.1, 0.15) is 38.7 Å². The Balaban J connectivity index is 1.45. The largest absolute Gasteiger partial charge is 0.369 e. The number of aromatic nitrogens is 4. The van der Waals surface area contributed by atoms with Gasteiger partial charge in [0.25, 0.3) is 17.7 Å². The van der Waals surface area contributed by atoms with Crippen molar-refractivity contribution in [3.05, 3.63) is 63.5 Å². The van der Waals surface area contributed by atoms with Gasteiger partial charge in [0.1, 0.15) is 17.1 Å². The Labute approximate surface area is 212 Å². The van der Waals surface area contributed by atoms with Gasteiger partial charge in [0.15, 0.2) is 5.95 Å². The highest BCUT2D eigenvalue weighted by Gasteiger charge is 2.38. The highest BCUT2D eigenvalue weighted by atomic mass is 79.9. The Morgan fingerprint density at radius 1 is 1.28 bits per heavy atom. The molecule has 3 aromatic heterocycles. The van der Waals surface area contributed by atoms with Crippen molar-refractivity contribution in [1.29, 1.82) is 0 Å². The number of H-pyrrole nitrogens is 3. The lowest BCUT2D eigenvalue weighted by Crippen LogP contribution is -2.51. The summed E-state index contributed by atoms with van der Waals surface area (Å²) >= 11 is 3.31. The molecule has 5 heterocycles. The minimum Gasteiger partial charge on any atom is -0.369 e. The van der Waals surface area contributed by atoms with E-state index >= 15 is 0 Å². The summed E-state index contributed by atoms with van der Waals surface area (Å²) in [5.41, 5.74) is 14.8. The van der Waals surface area contributed by atoms with Gasteiger partial charge < -0.3 is 37.1 Å². The molecule has 9 N–H and O–H groups in total. The molecule has 0 aromatic carbocycles. The number of carbonyl (C=O) groups is 3. The number of aliphatic imine (C=N–C) groups is 1. The van der Waals surface area contributed by atoms with Gasteiger partial charge in [-0.2, -0.15) is 0 Å². The molecule has 3 amide bonds. The molecular weight excluding hydrogens is 532 g/mol. The Kier molecular flexibility index (Phi) is 6.10. The van der Waals surface area contributed by atoms with Crippen molar-refractivity contribution in [2.75, 3.05) is 18.8 Å². The molecule has 2 aliphatic heterocycles. The van der Waals surface area contributed by atoms with Crippen molar-refractivity contribution in [3.63, 3.8) is 0 Å². The summed E-state index contributed by atoms with van der Waals surface area (Å²) in [4.78, 5) is 57.2. The van der Waals surface area contributed by atoms with Gasteiger partial charge in [-0.3, -0.25) is 19.3 Å². The van der Waals surface area contributed by atoms with Crippen molar-refractivity contribution in [2.24, 2.45) is 10.7 Å². The minimum atomic E-state index is -0.599. The summed E-state index contributed by atoms with van der Waals surface area (Å²) in [6, 6.07) is 2.79. The molecule has 36 heavy (non-hydrogen) atoms. The SMILES string of the molecule is NC1=NC(=C2CCNC(=O)c3[nH]ccc32)C(=O)N1C(CNC(=O)c1cc(Br)c[nH]1)Cc1cnc(N)[nH]1. The Hall–Kier alpha value is -4.33. The van der Waals surface area contributed by atoms with E-state index < -0.39 is 11.9 Å². The zero-order valence-corrected chi connectivity index (χ0v) is 20.5. The summed E-state index contributed by atoms with van der Waals surface area (Å²) in [7, 11) is 0. The molecule has 14 heteroatoms. The fraction of sp³-hybridized carbons (Fsp3) is 0.227. The fourth-order valence-corrected chi connectivity index (χ4v) is 4.70. The molecule has 0 aliphatic carbocycles. The van der Waals surface area contributed by atoms with Crippen LogP contribution in [0.15, 0.2) is 45.9 Å². The molecule has 1 atom stereocenters. The standard InChI is InChI=1S/C22H23BrN10O3/c23-10-5-15(28-7-10)18(34)29-9-12(6-11-8-30-21(24)31-11)33-20(36)17(32-22(33)25)14-2-4-27-19(35)16-13(14)1-3-26-16/h1,3,5,7-8,12,26,28H,2,4,6,9H2,(H2,25,32)(H,27,35)(H,29,34)(H3,24,30,31). The van der Waals surface area contributed by atoms with Crippen molar-refractivity contribution in [2.45, 2.75) is 18.9 Å². The number of amides is 3. The van der Waals surface area contributed by atoms with E-state index in [2.05, 4.69) is 51.5 Å². The maximum Gasteiger partial charge on any atom is 0.279 e. The first kappa shape index (κ1) is 23.4. The summed E-state index contributed by atoms with van der Waals surface area (Å²) < 4.78 is 0.736. The lowest BCUT2D eigenvalue weighted by atomic mass is 10.0. The molecule has 0 bridgehead atoms. The number of guanidine groups is 1. The summed E-state index contributed by atoms with van der Waals surface area (Å²) in [6.45, 7) is 0.427. The first-order chi connectivity index (χ1) is 17.3. The van der Waals surface area contributed by atoms with Crippen molar-refractivity contribution >= 4 is 51.1 Å². The third kappa shape index (κ3) is 4.37. The number of hydrogen-bond acceptors (Lipinski definition) is 7. The molecule has 13 nitrogen and oxygen atoms in total. The number of nitrogen functional groups attached to an aromatic ring is 1. The van der Waals surface area contributed by atoms with Gasteiger partial charge in [-0.25, -0.2) is 9.98 Å². The first-order valence-corrected chi connectivity index (χ1v) is 11.9. The molecule has 5 rings (SSSR count). The van der Waals surface area contributed by atoms with E-state index in [4.69, 9.17) is 11.5 Å². The topological polar surface area (TPSA) is 203 Å². The molecule has 1 unspecified atom stereocenters. The van der Waals surface area contributed by atoms with Crippen LogP contribution in [-0.2, 0) is 11.2 Å². The van der Waals surface area contributed by atoms with Crippen LogP contribution in [-0.4, -0.2) is 67.6 Å². The molecule has 3 aromatic rings. The number of hydrogen-bond donors (Lipinski definition) is 7. The maximum atomic E-state index is 13.7. The fourth-order valence-electron chi connectivity index (χ4n) is 4.36. The van der Waals surface area contributed by atoms with E-state index in [-0.39, 0.29) is 42.4 Å². The second-order valence-corrected chi connectivity index (χ2v) is 9.25. The molecule has 186 valence electrons. The van der Waals surface area contributed by atoms with E-state index in [9.17, 15) is 14.4 Å². The van der Waals surface area contributed by atoms with Gasteiger partial charge >= 0.3 is 0 Å². The van der Waals surface area contributed by atoms with Gasteiger partial charge in [0.2, 0.25) is 5.96 Å².